The Morgan fingerprint density at radius 1 is 1.31 bits per heavy atom. The summed E-state index contributed by atoms with van der Waals surface area (Å²) < 4.78 is 30.1. The van der Waals surface area contributed by atoms with E-state index in [0.717, 1.165) is 30.3 Å². The van der Waals surface area contributed by atoms with Crippen molar-refractivity contribution in [3.63, 3.8) is 0 Å². The van der Waals surface area contributed by atoms with Gasteiger partial charge in [0, 0.05) is 12.1 Å². The second kappa shape index (κ2) is 11.5. The van der Waals surface area contributed by atoms with E-state index < -0.39 is 50.1 Å². The molecule has 6 atom stereocenters. The number of rotatable bonds is 12. The van der Waals surface area contributed by atoms with Crippen molar-refractivity contribution in [1.82, 2.24) is 24.8 Å². The minimum absolute atomic E-state index is 0.0182. The number of nitrogen functional groups attached to an aromatic ring is 1. The van der Waals surface area contributed by atoms with Crippen molar-refractivity contribution in [3.8, 4) is 0 Å². The van der Waals surface area contributed by atoms with Gasteiger partial charge < -0.3 is 30.0 Å². The number of nitrogens with zero attached hydrogens (tertiary/aromatic N) is 4. The third-order valence-electron chi connectivity index (χ3n) is 6.08. The number of aliphatic hydroxyl groups is 2. The summed E-state index contributed by atoms with van der Waals surface area (Å²) in [5.74, 6) is 0.723. The number of aromatic nitrogens is 4. The van der Waals surface area contributed by atoms with Crippen LogP contribution < -0.4 is 16.5 Å². The predicted molar refractivity (Wildman–Crippen MR) is 128 cm³/mol. The van der Waals surface area contributed by atoms with Gasteiger partial charge in [-0.25, -0.2) is 14.4 Å². The van der Waals surface area contributed by atoms with Gasteiger partial charge >= 0.3 is 13.4 Å². The average Bonchev–Trinajstić information content (AvgIpc) is 3.37. The van der Waals surface area contributed by atoms with Crippen LogP contribution in [0, 0.1) is 0 Å². The number of aliphatic hydroxyl groups excluding tert-OH is 1. The lowest BCUT2D eigenvalue weighted by molar-refractivity contribution is -0.0984. The van der Waals surface area contributed by atoms with E-state index in [2.05, 4.69) is 34.1 Å². The zero-order chi connectivity index (χ0) is 26.7. The zero-order valence-corrected chi connectivity index (χ0v) is 21.7. The van der Waals surface area contributed by atoms with E-state index in [4.69, 9.17) is 19.4 Å². The lowest BCUT2D eigenvalue weighted by Gasteiger charge is -2.27. The second-order valence-corrected chi connectivity index (χ2v) is 10.7. The summed E-state index contributed by atoms with van der Waals surface area (Å²) in [7, 11) is -4.43. The number of anilines is 1. The first-order valence-corrected chi connectivity index (χ1v) is 13.5. The number of nitrogens with two attached hydrogens (primary N) is 1. The number of hydrogen-bond donors (Lipinski definition) is 5. The summed E-state index contributed by atoms with van der Waals surface area (Å²) in [6, 6.07) is 0.524. The Morgan fingerprint density at radius 3 is 2.56 bits per heavy atom. The van der Waals surface area contributed by atoms with Gasteiger partial charge in [-0.1, -0.05) is 26.7 Å². The molecule has 2 aromatic heterocycles. The molecule has 0 spiro atoms. The molecule has 202 valence electrons. The van der Waals surface area contributed by atoms with Crippen molar-refractivity contribution >= 4 is 13.6 Å². The predicted octanol–water partition coefficient (Wildman–Crippen LogP) is 1.37. The van der Waals surface area contributed by atoms with Gasteiger partial charge in [0.15, 0.2) is 6.23 Å². The molecule has 0 aromatic carbocycles. The highest BCUT2D eigenvalue weighted by Crippen LogP contribution is 2.43. The quantitative estimate of drug-likeness (QED) is 0.246. The molecule has 14 nitrogen and oxygen atoms in total. The Hall–Kier alpha value is -2.19. The van der Waals surface area contributed by atoms with Gasteiger partial charge in [0.2, 0.25) is 11.8 Å². The molecule has 0 saturated carbocycles. The summed E-state index contributed by atoms with van der Waals surface area (Å²) in [6.07, 6.45) is 0.873. The van der Waals surface area contributed by atoms with E-state index >= 15 is 0 Å². The summed E-state index contributed by atoms with van der Waals surface area (Å²) in [6.45, 7) is 6.41. The second-order valence-electron chi connectivity index (χ2n) is 9.16. The normalized spacial score (nSPS) is 26.8. The third-order valence-corrected chi connectivity index (χ3v) is 7.29. The highest BCUT2D eigenvalue weighted by molar-refractivity contribution is 7.50. The molecule has 15 heteroatoms. The lowest BCUT2D eigenvalue weighted by atomic mass is 9.96. The van der Waals surface area contributed by atoms with Crippen molar-refractivity contribution in [2.75, 3.05) is 12.3 Å². The van der Waals surface area contributed by atoms with E-state index in [0.29, 0.717) is 5.89 Å². The minimum Gasteiger partial charge on any atom is -0.423 e. The minimum atomic E-state index is -4.43. The first-order valence-electron chi connectivity index (χ1n) is 11.9. The van der Waals surface area contributed by atoms with Crippen LogP contribution in [0.2, 0.25) is 0 Å². The van der Waals surface area contributed by atoms with Crippen LogP contribution in [0.5, 0.6) is 0 Å². The van der Waals surface area contributed by atoms with E-state index in [-0.39, 0.29) is 17.6 Å². The highest BCUT2D eigenvalue weighted by Gasteiger charge is 2.54. The first-order chi connectivity index (χ1) is 16.9. The van der Waals surface area contributed by atoms with Gasteiger partial charge in [0.05, 0.1) is 12.6 Å². The summed E-state index contributed by atoms with van der Waals surface area (Å²) in [4.78, 5) is 26.1. The fourth-order valence-electron chi connectivity index (χ4n) is 4.17. The maximum absolute atomic E-state index is 12.7. The molecule has 36 heavy (non-hydrogen) atoms. The Labute approximate surface area is 208 Å². The molecule has 1 aliphatic rings. The van der Waals surface area contributed by atoms with Crippen molar-refractivity contribution in [1.29, 1.82) is 0 Å². The van der Waals surface area contributed by atoms with Crippen LogP contribution in [0.3, 0.4) is 0 Å². The standard InChI is InChI=1S/C21H35N6O8P/c1-5-7-13(8-6-2)18-25-24-17(35-18)12(3)26-36(31,32)33-11-14-16(28)21(4,30)19(34-14)27-10-9-15(22)23-20(27)29/h9-10,12-14,16,19,28,30H,5-8,11H2,1-4H3,(H2,22,23,29)(H2,26,31,32)/t12-,14+,16+,19?,21+/m0/s1. The van der Waals surface area contributed by atoms with Crippen LogP contribution in [-0.4, -0.2) is 59.3 Å². The van der Waals surface area contributed by atoms with Crippen LogP contribution in [0.1, 0.15) is 83.3 Å². The highest BCUT2D eigenvalue weighted by atomic mass is 31.2. The molecule has 0 amide bonds. The first kappa shape index (κ1) is 28.4. The van der Waals surface area contributed by atoms with E-state index in [1.807, 2.05) is 0 Å². The smallest absolute Gasteiger partial charge is 0.403 e. The Morgan fingerprint density at radius 2 is 1.94 bits per heavy atom. The molecule has 0 aliphatic carbocycles. The summed E-state index contributed by atoms with van der Waals surface area (Å²) in [5, 5.41) is 31.8. The fourth-order valence-corrected chi connectivity index (χ4v) is 5.19. The van der Waals surface area contributed by atoms with E-state index in [1.54, 1.807) is 6.92 Å². The molecule has 6 N–H and O–H groups in total. The van der Waals surface area contributed by atoms with Crippen molar-refractivity contribution in [3.05, 3.63) is 34.5 Å². The third kappa shape index (κ3) is 6.38. The summed E-state index contributed by atoms with van der Waals surface area (Å²) >= 11 is 0. The number of nitrogens with one attached hydrogen (secondary N) is 1. The zero-order valence-electron chi connectivity index (χ0n) is 20.8. The molecule has 1 saturated heterocycles. The SMILES string of the molecule is CCCC(CCC)c1nnc([C@H](C)NP(=O)(O)OC[C@H]2OC(n3ccc(N)nc3=O)[C@](C)(O)[C@@H]2O)o1. The van der Waals surface area contributed by atoms with Gasteiger partial charge in [-0.2, -0.15) is 4.98 Å². The van der Waals surface area contributed by atoms with Crippen LogP contribution in [0.15, 0.2) is 21.5 Å². The maximum Gasteiger partial charge on any atom is 0.403 e. The lowest BCUT2D eigenvalue weighted by Crippen LogP contribution is -2.46. The largest absolute Gasteiger partial charge is 0.423 e. The Kier molecular flexibility index (Phi) is 9.04. The van der Waals surface area contributed by atoms with E-state index in [9.17, 15) is 24.5 Å². The van der Waals surface area contributed by atoms with Crippen LogP contribution in [-0.2, 0) is 13.8 Å². The summed E-state index contributed by atoms with van der Waals surface area (Å²) in [5.41, 5.74) is 2.77. The van der Waals surface area contributed by atoms with Crippen molar-refractivity contribution in [2.45, 2.75) is 89.4 Å². The van der Waals surface area contributed by atoms with Gasteiger partial charge in [-0.05, 0) is 32.8 Å². The van der Waals surface area contributed by atoms with Crippen LogP contribution >= 0.6 is 7.75 Å². The molecule has 0 bridgehead atoms. The average molecular weight is 531 g/mol. The Balaban J connectivity index is 1.63. The molecule has 0 radical (unpaired) electrons. The molecule has 2 aromatic rings. The van der Waals surface area contributed by atoms with Crippen LogP contribution in [0.25, 0.3) is 0 Å². The Bertz CT molecular complexity index is 1120. The molecule has 1 fully saturated rings. The molecule has 3 heterocycles. The number of ether oxygens (including phenoxy) is 1. The molecule has 1 aliphatic heterocycles. The fraction of sp³-hybridized carbons (Fsp3) is 0.714. The van der Waals surface area contributed by atoms with Crippen molar-refractivity contribution in [2.24, 2.45) is 0 Å². The van der Waals surface area contributed by atoms with Crippen LogP contribution in [0.4, 0.5) is 5.82 Å². The monoisotopic (exact) mass is 530 g/mol. The maximum atomic E-state index is 12.7. The topological polar surface area (TPSA) is 208 Å². The molecular weight excluding hydrogens is 495 g/mol. The van der Waals surface area contributed by atoms with E-state index in [1.165, 1.54) is 19.2 Å². The molecule has 2 unspecified atom stereocenters. The van der Waals surface area contributed by atoms with Gasteiger partial charge in [-0.3, -0.25) is 9.09 Å². The van der Waals surface area contributed by atoms with Gasteiger partial charge in [0.1, 0.15) is 23.6 Å². The molecular formula is C21H35N6O8P. The van der Waals surface area contributed by atoms with Gasteiger partial charge in [-0.15, -0.1) is 10.2 Å². The van der Waals surface area contributed by atoms with Crippen molar-refractivity contribution < 1.29 is 33.3 Å². The number of hydrogen-bond acceptors (Lipinski definition) is 11. The molecule has 3 rings (SSSR count). The van der Waals surface area contributed by atoms with Gasteiger partial charge in [0.25, 0.3) is 0 Å².